The monoisotopic (exact) mass is 506 g/mol. The van der Waals surface area contributed by atoms with Crippen LogP contribution in [0.25, 0.3) is 0 Å². The maximum atomic E-state index is 11.8. The van der Waals surface area contributed by atoms with Gasteiger partial charge in [-0.3, -0.25) is 4.79 Å². The second-order valence-electron chi connectivity index (χ2n) is 5.96. The molecule has 1 amide bonds. The first-order chi connectivity index (χ1) is 12.5. The maximum Gasteiger partial charge on any atom is 0.261 e. The molecule has 0 aliphatic carbocycles. The summed E-state index contributed by atoms with van der Waals surface area (Å²) in [7, 11) is 0. The molecule has 27 heavy (non-hydrogen) atoms. The summed E-state index contributed by atoms with van der Waals surface area (Å²) in [6.07, 6.45) is 2.29. The molecule has 1 unspecified atom stereocenters. The molecule has 2 aromatic rings. The third-order valence-corrected chi connectivity index (χ3v) is 4.49. The quantitative estimate of drug-likeness (QED) is 0.181. The predicted molar refractivity (Wildman–Crippen MR) is 119 cm³/mol. The van der Waals surface area contributed by atoms with Gasteiger partial charge < -0.3 is 25.5 Å². The molecule has 0 aliphatic heterocycles. The normalized spacial score (nSPS) is 13.4. The van der Waals surface area contributed by atoms with Crippen LogP contribution < -0.4 is 16.0 Å². The summed E-state index contributed by atoms with van der Waals surface area (Å²) < 4.78 is 5.26. The molecule has 2 rings (SSSR count). The molecule has 0 spiro atoms. The lowest BCUT2D eigenvalue weighted by Crippen LogP contribution is -2.40. The summed E-state index contributed by atoms with van der Waals surface area (Å²) in [5.74, 6) is 1.05. The van der Waals surface area contributed by atoms with E-state index in [1.807, 2.05) is 18.4 Å². The van der Waals surface area contributed by atoms with Crippen LogP contribution in [0.1, 0.15) is 35.7 Å². The lowest BCUT2D eigenvalue weighted by molar-refractivity contribution is 0.0437. The molecule has 7 nitrogen and oxygen atoms in total. The summed E-state index contributed by atoms with van der Waals surface area (Å²) in [6, 6.07) is 7.13. The number of rotatable bonds is 9. The number of nitrogens with one attached hydrogen (secondary N) is 3. The van der Waals surface area contributed by atoms with Crippen LogP contribution in [0, 0.1) is 0 Å². The molecule has 1 atom stereocenters. The third-order valence-electron chi connectivity index (χ3n) is 3.62. The molecule has 0 saturated heterocycles. The number of halogens is 1. The molecular formula is C18H27IN4O3S. The molecule has 0 bridgehead atoms. The number of amides is 1. The fourth-order valence-corrected chi connectivity index (χ4v) is 2.87. The first kappa shape index (κ1) is 23.4. The van der Waals surface area contributed by atoms with Crippen LogP contribution in [-0.4, -0.2) is 43.2 Å². The standard InChI is InChI=1S/C18H26N4O3S.HI/c1-3-19-17(22-13-18(2,24)15-8-4-11-25-15)21-10-6-9-20-16(23)14-7-5-12-26-14;/h4-5,7-8,11-12,24H,3,6,9-10,13H2,1-2H3,(H,20,23)(H2,19,21,22);1H. The van der Waals surface area contributed by atoms with Crippen molar-refractivity contribution >= 4 is 47.2 Å². The minimum absolute atomic E-state index is 0. The van der Waals surface area contributed by atoms with Crippen LogP contribution in [0.15, 0.2) is 45.3 Å². The van der Waals surface area contributed by atoms with Crippen molar-refractivity contribution in [3.05, 3.63) is 46.5 Å². The second-order valence-corrected chi connectivity index (χ2v) is 6.91. The van der Waals surface area contributed by atoms with Gasteiger partial charge in [-0.25, -0.2) is 4.99 Å². The topological polar surface area (TPSA) is 98.9 Å². The second kappa shape index (κ2) is 12.0. The van der Waals surface area contributed by atoms with E-state index < -0.39 is 5.60 Å². The van der Waals surface area contributed by atoms with Gasteiger partial charge in [-0.15, -0.1) is 35.3 Å². The zero-order valence-electron chi connectivity index (χ0n) is 15.5. The van der Waals surface area contributed by atoms with Crippen LogP contribution >= 0.6 is 35.3 Å². The van der Waals surface area contributed by atoms with Crippen LogP contribution in [0.2, 0.25) is 0 Å². The van der Waals surface area contributed by atoms with Crippen LogP contribution in [0.5, 0.6) is 0 Å². The van der Waals surface area contributed by atoms with E-state index in [2.05, 4.69) is 20.9 Å². The Morgan fingerprint density at radius 3 is 2.67 bits per heavy atom. The molecule has 0 radical (unpaired) electrons. The zero-order valence-corrected chi connectivity index (χ0v) is 18.7. The van der Waals surface area contributed by atoms with Crippen molar-refractivity contribution in [2.45, 2.75) is 25.9 Å². The lowest BCUT2D eigenvalue weighted by atomic mass is 10.0. The zero-order chi connectivity index (χ0) is 18.8. The number of furan rings is 1. The largest absolute Gasteiger partial charge is 0.466 e. The van der Waals surface area contributed by atoms with Crippen molar-refractivity contribution in [2.75, 3.05) is 26.2 Å². The molecule has 150 valence electrons. The number of carbonyl (C=O) groups is 1. The minimum atomic E-state index is -1.17. The fraction of sp³-hybridized carbons (Fsp3) is 0.444. The molecule has 9 heteroatoms. The molecule has 0 fully saturated rings. The van der Waals surface area contributed by atoms with E-state index in [-0.39, 0.29) is 36.4 Å². The highest BCUT2D eigenvalue weighted by Crippen LogP contribution is 2.20. The SMILES string of the molecule is CCNC(=NCC(C)(O)c1ccco1)NCCCNC(=O)c1cccs1.I. The van der Waals surface area contributed by atoms with Gasteiger partial charge in [-0.05, 0) is 43.8 Å². The van der Waals surface area contributed by atoms with Crippen molar-refractivity contribution in [1.29, 1.82) is 0 Å². The Kier molecular flexibility index (Phi) is 10.4. The summed E-state index contributed by atoms with van der Waals surface area (Å²) in [5.41, 5.74) is -1.17. The molecule has 0 aromatic carbocycles. The van der Waals surface area contributed by atoms with E-state index in [0.29, 0.717) is 36.2 Å². The summed E-state index contributed by atoms with van der Waals surface area (Å²) in [4.78, 5) is 17.0. The van der Waals surface area contributed by atoms with Gasteiger partial charge in [0.05, 0.1) is 17.7 Å². The summed E-state index contributed by atoms with van der Waals surface area (Å²) >= 11 is 1.43. The van der Waals surface area contributed by atoms with E-state index >= 15 is 0 Å². The molecule has 2 aromatic heterocycles. The van der Waals surface area contributed by atoms with Crippen molar-refractivity contribution < 1.29 is 14.3 Å². The van der Waals surface area contributed by atoms with Gasteiger partial charge in [0, 0.05) is 19.6 Å². The number of hydrogen-bond acceptors (Lipinski definition) is 5. The van der Waals surface area contributed by atoms with Gasteiger partial charge in [-0.1, -0.05) is 6.07 Å². The molecule has 0 saturated carbocycles. The highest BCUT2D eigenvalue weighted by molar-refractivity contribution is 14.0. The molecule has 0 aliphatic rings. The van der Waals surface area contributed by atoms with Crippen LogP contribution in [0.4, 0.5) is 0 Å². The number of aliphatic imine (C=N–C) groups is 1. The van der Waals surface area contributed by atoms with E-state index in [1.54, 1.807) is 25.1 Å². The fourth-order valence-electron chi connectivity index (χ4n) is 2.23. The highest BCUT2D eigenvalue weighted by Gasteiger charge is 2.26. The Morgan fingerprint density at radius 2 is 2.04 bits per heavy atom. The number of hydrogen-bond donors (Lipinski definition) is 4. The van der Waals surface area contributed by atoms with Gasteiger partial charge in [-0.2, -0.15) is 0 Å². The predicted octanol–water partition coefficient (Wildman–Crippen LogP) is 2.54. The van der Waals surface area contributed by atoms with Gasteiger partial charge in [0.2, 0.25) is 0 Å². The number of carbonyl (C=O) groups excluding carboxylic acids is 1. The smallest absolute Gasteiger partial charge is 0.261 e. The van der Waals surface area contributed by atoms with E-state index in [0.717, 1.165) is 6.42 Å². The Morgan fingerprint density at radius 1 is 1.26 bits per heavy atom. The molecule has 2 heterocycles. The summed E-state index contributed by atoms with van der Waals surface area (Å²) in [5, 5.41) is 21.5. The Balaban J connectivity index is 0.00000364. The van der Waals surface area contributed by atoms with Gasteiger partial charge in [0.15, 0.2) is 5.96 Å². The number of aliphatic hydroxyl groups is 1. The number of nitrogens with zero attached hydrogens (tertiary/aromatic N) is 1. The van der Waals surface area contributed by atoms with Crippen LogP contribution in [-0.2, 0) is 5.60 Å². The lowest BCUT2D eigenvalue weighted by Gasteiger charge is -2.19. The van der Waals surface area contributed by atoms with E-state index in [4.69, 9.17) is 4.42 Å². The first-order valence-electron chi connectivity index (χ1n) is 8.63. The average Bonchev–Trinajstić information content (AvgIpc) is 3.32. The first-order valence-corrected chi connectivity index (χ1v) is 9.51. The number of thiophene rings is 1. The number of guanidine groups is 1. The third kappa shape index (κ3) is 7.89. The Hall–Kier alpha value is -1.59. The van der Waals surface area contributed by atoms with Gasteiger partial charge in [0.25, 0.3) is 5.91 Å². The van der Waals surface area contributed by atoms with Gasteiger partial charge in [0.1, 0.15) is 11.4 Å². The van der Waals surface area contributed by atoms with Crippen molar-refractivity contribution in [3.8, 4) is 0 Å². The van der Waals surface area contributed by atoms with Crippen molar-refractivity contribution in [3.63, 3.8) is 0 Å². The summed E-state index contributed by atoms with van der Waals surface area (Å²) in [6.45, 7) is 5.75. The van der Waals surface area contributed by atoms with E-state index in [9.17, 15) is 9.90 Å². The van der Waals surface area contributed by atoms with Crippen LogP contribution in [0.3, 0.4) is 0 Å². The minimum Gasteiger partial charge on any atom is -0.466 e. The van der Waals surface area contributed by atoms with Crippen molar-refractivity contribution in [2.24, 2.45) is 4.99 Å². The molecule has 4 N–H and O–H groups in total. The highest BCUT2D eigenvalue weighted by atomic mass is 127. The maximum absolute atomic E-state index is 11.8. The average molecular weight is 506 g/mol. The van der Waals surface area contributed by atoms with Crippen molar-refractivity contribution in [1.82, 2.24) is 16.0 Å². The molecular weight excluding hydrogens is 479 g/mol. The Bertz CT molecular complexity index is 688. The van der Waals surface area contributed by atoms with Gasteiger partial charge >= 0.3 is 0 Å². The Labute approximate surface area is 180 Å². The van der Waals surface area contributed by atoms with E-state index in [1.165, 1.54) is 17.6 Å².